The third-order valence-electron chi connectivity index (χ3n) is 4.44. The minimum atomic E-state index is -3.06. The first-order valence-electron chi connectivity index (χ1n) is 8.52. The van der Waals surface area contributed by atoms with Gasteiger partial charge in [-0.05, 0) is 42.9 Å². The highest BCUT2D eigenvalue weighted by Gasteiger charge is 2.24. The van der Waals surface area contributed by atoms with Crippen LogP contribution in [0.3, 0.4) is 0 Å². The average molecular weight is 387 g/mol. The lowest BCUT2D eigenvalue weighted by molar-refractivity contribution is 0.275. The van der Waals surface area contributed by atoms with E-state index in [1.807, 2.05) is 24.3 Å². The van der Waals surface area contributed by atoms with E-state index in [1.54, 1.807) is 11.4 Å². The third kappa shape index (κ3) is 6.84. The van der Waals surface area contributed by atoms with Crippen molar-refractivity contribution >= 4 is 27.6 Å². The molecule has 0 amide bonds. The van der Waals surface area contributed by atoms with Crippen LogP contribution in [0.15, 0.2) is 29.3 Å². The van der Waals surface area contributed by atoms with Gasteiger partial charge in [0.25, 0.3) is 0 Å². The number of sulfonamides is 1. The number of piperidine rings is 1. The molecule has 0 atom stereocenters. The van der Waals surface area contributed by atoms with Crippen molar-refractivity contribution in [3.63, 3.8) is 0 Å². The van der Waals surface area contributed by atoms with Crippen LogP contribution in [0, 0.1) is 5.92 Å². The van der Waals surface area contributed by atoms with Gasteiger partial charge in [-0.1, -0.05) is 23.7 Å². The van der Waals surface area contributed by atoms with Gasteiger partial charge in [0.2, 0.25) is 10.0 Å². The molecule has 0 unspecified atom stereocenters. The fourth-order valence-corrected chi connectivity index (χ4v) is 3.88. The Bertz CT molecular complexity index is 668. The molecular weight excluding hydrogens is 360 g/mol. The summed E-state index contributed by atoms with van der Waals surface area (Å²) >= 11 is 5.89. The Kier molecular flexibility index (Phi) is 7.53. The normalized spacial score (nSPS) is 17.5. The Morgan fingerprint density at radius 3 is 2.44 bits per heavy atom. The first-order chi connectivity index (χ1) is 11.9. The summed E-state index contributed by atoms with van der Waals surface area (Å²) in [6, 6.07) is 7.84. The number of hydrogen-bond acceptors (Lipinski definition) is 3. The summed E-state index contributed by atoms with van der Waals surface area (Å²) in [5.74, 6) is 1.24. The second kappa shape index (κ2) is 9.40. The number of rotatable bonds is 6. The minimum Gasteiger partial charge on any atom is -0.356 e. The van der Waals surface area contributed by atoms with Crippen LogP contribution in [-0.2, 0) is 16.4 Å². The first kappa shape index (κ1) is 20.0. The molecule has 1 heterocycles. The molecule has 0 aromatic heterocycles. The van der Waals surface area contributed by atoms with Crippen LogP contribution >= 0.6 is 11.6 Å². The van der Waals surface area contributed by atoms with E-state index >= 15 is 0 Å². The Hall–Kier alpha value is -1.31. The Labute approximate surface area is 155 Å². The molecule has 8 heteroatoms. The molecule has 0 bridgehead atoms. The van der Waals surface area contributed by atoms with Gasteiger partial charge in [-0.25, -0.2) is 12.7 Å². The zero-order chi connectivity index (χ0) is 18.3. The maximum absolute atomic E-state index is 11.5. The Balaban J connectivity index is 1.68. The Morgan fingerprint density at radius 1 is 1.24 bits per heavy atom. The van der Waals surface area contributed by atoms with E-state index < -0.39 is 10.0 Å². The summed E-state index contributed by atoms with van der Waals surface area (Å²) in [5, 5.41) is 7.39. The molecule has 1 fully saturated rings. The summed E-state index contributed by atoms with van der Waals surface area (Å²) < 4.78 is 24.6. The molecule has 1 aliphatic rings. The smallest absolute Gasteiger partial charge is 0.211 e. The van der Waals surface area contributed by atoms with Crippen LogP contribution in [0.2, 0.25) is 5.02 Å². The van der Waals surface area contributed by atoms with Gasteiger partial charge in [0, 0.05) is 38.2 Å². The van der Waals surface area contributed by atoms with Gasteiger partial charge in [0.05, 0.1) is 6.26 Å². The number of nitrogens with zero attached hydrogens (tertiary/aromatic N) is 2. The number of nitrogens with one attached hydrogen (secondary N) is 2. The molecule has 140 valence electrons. The van der Waals surface area contributed by atoms with Gasteiger partial charge < -0.3 is 10.6 Å². The molecule has 1 saturated heterocycles. The van der Waals surface area contributed by atoms with E-state index in [0.29, 0.717) is 19.0 Å². The predicted molar refractivity (Wildman–Crippen MR) is 104 cm³/mol. The van der Waals surface area contributed by atoms with E-state index in [0.717, 1.165) is 43.3 Å². The quantitative estimate of drug-likeness (QED) is 0.576. The van der Waals surface area contributed by atoms with Crippen LogP contribution in [0.1, 0.15) is 18.4 Å². The van der Waals surface area contributed by atoms with Gasteiger partial charge in [0.15, 0.2) is 5.96 Å². The van der Waals surface area contributed by atoms with Crippen LogP contribution in [0.25, 0.3) is 0 Å². The van der Waals surface area contributed by atoms with Crippen LogP contribution in [0.4, 0.5) is 0 Å². The van der Waals surface area contributed by atoms with Gasteiger partial charge >= 0.3 is 0 Å². The summed E-state index contributed by atoms with van der Waals surface area (Å²) in [4.78, 5) is 4.24. The van der Waals surface area contributed by atoms with Gasteiger partial charge in [0.1, 0.15) is 0 Å². The van der Waals surface area contributed by atoms with Crippen molar-refractivity contribution in [2.75, 3.05) is 39.5 Å². The predicted octanol–water partition coefficient (Wildman–Crippen LogP) is 1.72. The van der Waals surface area contributed by atoms with E-state index in [-0.39, 0.29) is 0 Å². The summed E-state index contributed by atoms with van der Waals surface area (Å²) in [6.07, 6.45) is 3.92. The molecule has 1 aromatic carbocycles. The van der Waals surface area contributed by atoms with Crippen LogP contribution in [-0.4, -0.2) is 58.2 Å². The number of guanidine groups is 1. The largest absolute Gasteiger partial charge is 0.356 e. The lowest BCUT2D eigenvalue weighted by Gasteiger charge is -2.30. The molecule has 0 spiro atoms. The van der Waals surface area contributed by atoms with Crippen molar-refractivity contribution in [3.8, 4) is 0 Å². The molecule has 0 radical (unpaired) electrons. The SMILES string of the molecule is CN=C(NCCc1ccc(Cl)cc1)NCC1CCN(S(C)(=O)=O)CC1. The van der Waals surface area contributed by atoms with Gasteiger partial charge in [-0.3, -0.25) is 4.99 Å². The second-order valence-corrected chi connectivity index (χ2v) is 8.78. The van der Waals surface area contributed by atoms with Gasteiger partial charge in [-0.2, -0.15) is 0 Å². The summed E-state index contributed by atoms with van der Waals surface area (Å²) in [7, 11) is -1.30. The Morgan fingerprint density at radius 2 is 1.88 bits per heavy atom. The fourth-order valence-electron chi connectivity index (χ4n) is 2.88. The molecular formula is C17H27ClN4O2S. The van der Waals surface area contributed by atoms with E-state index in [9.17, 15) is 8.42 Å². The van der Waals surface area contributed by atoms with E-state index in [2.05, 4.69) is 15.6 Å². The van der Waals surface area contributed by atoms with Gasteiger partial charge in [-0.15, -0.1) is 0 Å². The lowest BCUT2D eigenvalue weighted by Crippen LogP contribution is -2.44. The van der Waals surface area contributed by atoms with Crippen molar-refractivity contribution in [1.82, 2.24) is 14.9 Å². The number of aliphatic imine (C=N–C) groups is 1. The number of halogens is 1. The zero-order valence-corrected chi connectivity index (χ0v) is 16.4. The highest BCUT2D eigenvalue weighted by molar-refractivity contribution is 7.88. The molecule has 25 heavy (non-hydrogen) atoms. The molecule has 0 saturated carbocycles. The lowest BCUT2D eigenvalue weighted by atomic mass is 9.98. The molecule has 1 aliphatic heterocycles. The second-order valence-electron chi connectivity index (χ2n) is 6.36. The molecule has 0 aliphatic carbocycles. The third-order valence-corrected chi connectivity index (χ3v) is 6.00. The average Bonchev–Trinajstić information content (AvgIpc) is 2.59. The molecule has 2 rings (SSSR count). The van der Waals surface area contributed by atoms with Crippen molar-refractivity contribution in [2.24, 2.45) is 10.9 Å². The summed E-state index contributed by atoms with van der Waals surface area (Å²) in [6.45, 7) is 2.80. The summed E-state index contributed by atoms with van der Waals surface area (Å²) in [5.41, 5.74) is 1.22. The van der Waals surface area contributed by atoms with E-state index in [1.165, 1.54) is 11.8 Å². The van der Waals surface area contributed by atoms with Crippen molar-refractivity contribution < 1.29 is 8.42 Å². The monoisotopic (exact) mass is 386 g/mol. The molecule has 6 nitrogen and oxygen atoms in total. The van der Waals surface area contributed by atoms with E-state index in [4.69, 9.17) is 11.6 Å². The number of hydrogen-bond donors (Lipinski definition) is 2. The fraction of sp³-hybridized carbons (Fsp3) is 0.588. The van der Waals surface area contributed by atoms with Crippen LogP contribution in [0.5, 0.6) is 0 Å². The highest BCUT2D eigenvalue weighted by atomic mass is 35.5. The molecule has 2 N–H and O–H groups in total. The standard InChI is InChI=1S/C17H27ClN4O2S/c1-19-17(20-10-7-14-3-5-16(18)6-4-14)21-13-15-8-11-22(12-9-15)25(2,23)24/h3-6,15H,7-13H2,1-2H3,(H2,19,20,21). The minimum absolute atomic E-state index is 0.466. The maximum atomic E-state index is 11.5. The molecule has 1 aromatic rings. The van der Waals surface area contributed by atoms with Crippen molar-refractivity contribution in [1.29, 1.82) is 0 Å². The van der Waals surface area contributed by atoms with Crippen molar-refractivity contribution in [3.05, 3.63) is 34.9 Å². The highest BCUT2D eigenvalue weighted by Crippen LogP contribution is 2.18. The number of benzene rings is 1. The first-order valence-corrected chi connectivity index (χ1v) is 10.7. The maximum Gasteiger partial charge on any atom is 0.211 e. The topological polar surface area (TPSA) is 73.8 Å². The van der Waals surface area contributed by atoms with Crippen molar-refractivity contribution in [2.45, 2.75) is 19.3 Å². The van der Waals surface area contributed by atoms with Crippen LogP contribution < -0.4 is 10.6 Å². The zero-order valence-electron chi connectivity index (χ0n) is 14.8.